The minimum atomic E-state index is -0.317. The molecule has 1 fully saturated rings. The summed E-state index contributed by atoms with van der Waals surface area (Å²) < 4.78 is 0. The Morgan fingerprint density at radius 3 is 2.19 bits per heavy atom. The normalized spacial score (nSPS) is 27.6. The maximum atomic E-state index is 11.7. The van der Waals surface area contributed by atoms with Crippen LogP contribution in [-0.2, 0) is 9.59 Å². The smallest absolute Gasteiger partial charge is 0.232 e. The Morgan fingerprint density at radius 2 is 1.75 bits per heavy atom. The van der Waals surface area contributed by atoms with Gasteiger partial charge in [-0.25, -0.2) is 0 Å². The van der Waals surface area contributed by atoms with Crippen LogP contribution in [-0.4, -0.2) is 34.5 Å². The molecule has 1 aliphatic rings. The lowest BCUT2D eigenvalue weighted by Crippen LogP contribution is -2.32. The molecule has 4 heteroatoms. The fourth-order valence-electron chi connectivity index (χ4n) is 1.94. The molecule has 1 N–H and O–H groups in total. The first-order valence-corrected chi connectivity index (χ1v) is 6.02. The second-order valence-electron chi connectivity index (χ2n) is 4.61. The van der Waals surface area contributed by atoms with Gasteiger partial charge >= 0.3 is 0 Å². The highest BCUT2D eigenvalue weighted by Crippen LogP contribution is 2.25. The SMILES string of the molecule is CCC(O)CCCN1C(=O)C(C)C(C)C1=O. The summed E-state index contributed by atoms with van der Waals surface area (Å²) >= 11 is 0. The van der Waals surface area contributed by atoms with Crippen molar-refractivity contribution < 1.29 is 14.7 Å². The van der Waals surface area contributed by atoms with Crippen molar-refractivity contribution in [1.82, 2.24) is 4.90 Å². The molecule has 0 aliphatic carbocycles. The lowest BCUT2D eigenvalue weighted by atomic mass is 10.00. The minimum absolute atomic E-state index is 0.0662. The number of hydrogen-bond acceptors (Lipinski definition) is 3. The Morgan fingerprint density at radius 1 is 1.25 bits per heavy atom. The van der Waals surface area contributed by atoms with Crippen molar-refractivity contribution in [1.29, 1.82) is 0 Å². The van der Waals surface area contributed by atoms with Crippen molar-refractivity contribution in [3.63, 3.8) is 0 Å². The molecule has 1 heterocycles. The predicted molar refractivity (Wildman–Crippen MR) is 60.6 cm³/mol. The van der Waals surface area contributed by atoms with Gasteiger partial charge in [-0.15, -0.1) is 0 Å². The van der Waals surface area contributed by atoms with Crippen LogP contribution in [0, 0.1) is 11.8 Å². The molecule has 0 aromatic carbocycles. The summed E-state index contributed by atoms with van der Waals surface area (Å²) in [7, 11) is 0. The molecule has 4 nitrogen and oxygen atoms in total. The van der Waals surface area contributed by atoms with E-state index in [9.17, 15) is 14.7 Å². The van der Waals surface area contributed by atoms with E-state index in [1.54, 1.807) is 13.8 Å². The lowest BCUT2D eigenvalue weighted by molar-refractivity contribution is -0.139. The number of rotatable bonds is 5. The number of aliphatic hydroxyl groups is 1. The van der Waals surface area contributed by atoms with Crippen molar-refractivity contribution >= 4 is 11.8 Å². The number of carbonyl (C=O) groups excluding carboxylic acids is 2. The highest BCUT2D eigenvalue weighted by molar-refractivity contribution is 6.04. The molecule has 1 saturated heterocycles. The molecule has 0 bridgehead atoms. The summed E-state index contributed by atoms with van der Waals surface area (Å²) in [4.78, 5) is 24.8. The first kappa shape index (κ1) is 13.2. The standard InChI is InChI=1S/C12H21NO3/c1-4-10(14)6-5-7-13-11(15)8(2)9(3)12(13)16/h8-10,14H,4-7H2,1-3H3. The summed E-state index contributed by atoms with van der Waals surface area (Å²) in [5.74, 6) is -0.515. The van der Waals surface area contributed by atoms with Crippen molar-refractivity contribution in [2.24, 2.45) is 11.8 Å². The van der Waals surface area contributed by atoms with Gasteiger partial charge in [0.1, 0.15) is 0 Å². The molecule has 3 unspecified atom stereocenters. The van der Waals surface area contributed by atoms with Gasteiger partial charge < -0.3 is 5.11 Å². The van der Waals surface area contributed by atoms with Gasteiger partial charge in [0.2, 0.25) is 11.8 Å². The third-order valence-corrected chi connectivity index (χ3v) is 3.45. The molecule has 0 radical (unpaired) electrons. The second kappa shape index (κ2) is 5.43. The number of nitrogens with zero attached hydrogens (tertiary/aromatic N) is 1. The van der Waals surface area contributed by atoms with E-state index in [0.29, 0.717) is 25.8 Å². The van der Waals surface area contributed by atoms with Crippen LogP contribution >= 0.6 is 0 Å². The van der Waals surface area contributed by atoms with E-state index in [1.165, 1.54) is 4.90 Å². The highest BCUT2D eigenvalue weighted by atomic mass is 16.3. The van der Waals surface area contributed by atoms with E-state index < -0.39 is 0 Å². The van der Waals surface area contributed by atoms with E-state index in [-0.39, 0.29) is 29.8 Å². The van der Waals surface area contributed by atoms with Crippen molar-refractivity contribution in [2.75, 3.05) is 6.54 Å². The van der Waals surface area contributed by atoms with Crippen molar-refractivity contribution in [2.45, 2.75) is 46.1 Å². The summed E-state index contributed by atoms with van der Waals surface area (Å²) in [6, 6.07) is 0. The van der Waals surface area contributed by atoms with Crippen LogP contribution in [0.4, 0.5) is 0 Å². The van der Waals surface area contributed by atoms with Gasteiger partial charge in [0, 0.05) is 18.4 Å². The monoisotopic (exact) mass is 227 g/mol. The topological polar surface area (TPSA) is 57.6 Å². The fourth-order valence-corrected chi connectivity index (χ4v) is 1.94. The first-order valence-electron chi connectivity index (χ1n) is 6.02. The summed E-state index contributed by atoms with van der Waals surface area (Å²) in [6.07, 6.45) is 1.74. The zero-order valence-electron chi connectivity index (χ0n) is 10.3. The van der Waals surface area contributed by atoms with Gasteiger partial charge in [-0.3, -0.25) is 14.5 Å². The van der Waals surface area contributed by atoms with Gasteiger partial charge in [0.25, 0.3) is 0 Å². The average Bonchev–Trinajstić information content (AvgIpc) is 2.46. The Balaban J connectivity index is 2.43. The van der Waals surface area contributed by atoms with Crippen LogP contribution in [0.15, 0.2) is 0 Å². The summed E-state index contributed by atoms with van der Waals surface area (Å²) in [5, 5.41) is 9.38. The quantitative estimate of drug-likeness (QED) is 0.717. The number of imide groups is 1. The number of likely N-dealkylation sites (tertiary alicyclic amines) is 1. The molecule has 0 saturated carbocycles. The van der Waals surface area contributed by atoms with E-state index >= 15 is 0 Å². The zero-order chi connectivity index (χ0) is 12.3. The molecule has 0 spiro atoms. The average molecular weight is 227 g/mol. The molecule has 16 heavy (non-hydrogen) atoms. The Bertz CT molecular complexity index is 257. The molecule has 2 amide bonds. The van der Waals surface area contributed by atoms with E-state index in [0.717, 1.165) is 0 Å². The molecular weight excluding hydrogens is 206 g/mol. The predicted octanol–water partition coefficient (Wildman–Crippen LogP) is 1.18. The Hall–Kier alpha value is -0.900. The minimum Gasteiger partial charge on any atom is -0.393 e. The summed E-state index contributed by atoms with van der Waals surface area (Å²) in [5.41, 5.74) is 0. The Kier molecular flexibility index (Phi) is 4.47. The number of amides is 2. The molecule has 1 rings (SSSR count). The van der Waals surface area contributed by atoms with Crippen molar-refractivity contribution in [3.8, 4) is 0 Å². The molecular formula is C12H21NO3. The van der Waals surface area contributed by atoms with Gasteiger partial charge in [-0.05, 0) is 19.3 Å². The van der Waals surface area contributed by atoms with Crippen LogP contribution in [0.3, 0.4) is 0 Å². The first-order chi connectivity index (χ1) is 7.49. The second-order valence-corrected chi connectivity index (χ2v) is 4.61. The lowest BCUT2D eigenvalue weighted by Gasteiger charge is -2.15. The highest BCUT2D eigenvalue weighted by Gasteiger charge is 2.41. The van der Waals surface area contributed by atoms with Crippen LogP contribution in [0.2, 0.25) is 0 Å². The van der Waals surface area contributed by atoms with Crippen LogP contribution in [0.1, 0.15) is 40.0 Å². The zero-order valence-corrected chi connectivity index (χ0v) is 10.3. The largest absolute Gasteiger partial charge is 0.393 e. The van der Waals surface area contributed by atoms with Gasteiger partial charge in [-0.1, -0.05) is 20.8 Å². The van der Waals surface area contributed by atoms with Gasteiger partial charge in [0.15, 0.2) is 0 Å². The van der Waals surface area contributed by atoms with Crippen LogP contribution < -0.4 is 0 Å². The maximum absolute atomic E-state index is 11.7. The van der Waals surface area contributed by atoms with E-state index in [4.69, 9.17) is 0 Å². The van der Waals surface area contributed by atoms with Crippen molar-refractivity contribution in [3.05, 3.63) is 0 Å². The van der Waals surface area contributed by atoms with E-state index in [1.807, 2.05) is 6.92 Å². The number of hydrogen-bond donors (Lipinski definition) is 1. The molecule has 92 valence electrons. The van der Waals surface area contributed by atoms with Crippen LogP contribution in [0.25, 0.3) is 0 Å². The van der Waals surface area contributed by atoms with Gasteiger partial charge in [0.05, 0.1) is 6.10 Å². The molecule has 1 aliphatic heterocycles. The van der Waals surface area contributed by atoms with Gasteiger partial charge in [-0.2, -0.15) is 0 Å². The molecule has 0 aromatic rings. The number of carbonyl (C=O) groups is 2. The maximum Gasteiger partial charge on any atom is 0.232 e. The third-order valence-electron chi connectivity index (χ3n) is 3.45. The van der Waals surface area contributed by atoms with Crippen LogP contribution in [0.5, 0.6) is 0 Å². The molecule has 0 aromatic heterocycles. The molecule has 3 atom stereocenters. The fraction of sp³-hybridized carbons (Fsp3) is 0.833. The Labute approximate surface area is 96.6 Å². The third kappa shape index (κ3) is 2.61. The van der Waals surface area contributed by atoms with E-state index in [2.05, 4.69) is 0 Å². The summed E-state index contributed by atoms with van der Waals surface area (Å²) in [6.45, 7) is 5.96. The number of aliphatic hydroxyl groups excluding tert-OH is 1.